The number of benzene rings is 1. The predicted octanol–water partition coefficient (Wildman–Crippen LogP) is 4.39. The van der Waals surface area contributed by atoms with Gasteiger partial charge in [0.15, 0.2) is 5.76 Å². The van der Waals surface area contributed by atoms with Crippen molar-refractivity contribution in [2.75, 3.05) is 5.32 Å². The van der Waals surface area contributed by atoms with E-state index in [1.165, 1.54) is 28.0 Å². The van der Waals surface area contributed by atoms with Gasteiger partial charge < -0.3 is 14.5 Å². The lowest BCUT2D eigenvalue weighted by atomic mass is 10.2. The van der Waals surface area contributed by atoms with Gasteiger partial charge in [0, 0.05) is 0 Å². The Morgan fingerprint density at radius 1 is 1.16 bits per heavy atom. The van der Waals surface area contributed by atoms with Crippen molar-refractivity contribution in [1.29, 1.82) is 0 Å². The molecule has 1 N–H and O–H groups in total. The van der Waals surface area contributed by atoms with E-state index in [0.29, 0.717) is 22.4 Å². The zero-order valence-corrected chi connectivity index (χ0v) is 19.0. The molecule has 0 fully saturated rings. The monoisotopic (exact) mass is 539 g/mol. The molecule has 0 atom stereocenters. The maximum absolute atomic E-state index is 12.4. The van der Waals surface area contributed by atoms with Gasteiger partial charge >= 0.3 is 5.82 Å². The lowest BCUT2D eigenvalue weighted by Crippen LogP contribution is -2.12. The number of carbonyl (C=O) groups is 1. The molecule has 0 saturated heterocycles. The maximum atomic E-state index is 12.4. The number of aromatic nitrogens is 5. The van der Waals surface area contributed by atoms with Crippen molar-refractivity contribution >= 4 is 56.8 Å². The van der Waals surface area contributed by atoms with E-state index in [9.17, 15) is 14.9 Å². The number of nitrogens with one attached hydrogen (secondary N) is 1. The fourth-order valence-electron chi connectivity index (χ4n) is 2.75. The second kappa shape index (κ2) is 9.10. The highest BCUT2D eigenvalue weighted by Crippen LogP contribution is 2.24. The van der Waals surface area contributed by atoms with Crippen LogP contribution >= 0.6 is 39.1 Å². The molecular weight excluding hydrogens is 529 g/mol. The van der Waals surface area contributed by atoms with Crippen LogP contribution in [0, 0.1) is 10.1 Å². The van der Waals surface area contributed by atoms with Crippen LogP contribution < -0.4 is 5.32 Å². The zero-order chi connectivity index (χ0) is 22.8. The summed E-state index contributed by atoms with van der Waals surface area (Å²) in [6.07, 6.45) is 2.92. The minimum absolute atomic E-state index is 0.0292. The molecule has 0 radical (unpaired) electrons. The average Bonchev–Trinajstić information content (AvgIpc) is 3.46. The number of carbonyl (C=O) groups excluding carboxylic acids is 1. The summed E-state index contributed by atoms with van der Waals surface area (Å²) in [4.78, 5) is 26.8. The van der Waals surface area contributed by atoms with Crippen molar-refractivity contribution in [3.05, 3.63) is 84.6 Å². The summed E-state index contributed by atoms with van der Waals surface area (Å²) in [7, 11) is 0. The van der Waals surface area contributed by atoms with Gasteiger partial charge in [0.1, 0.15) is 23.1 Å². The SMILES string of the molecule is O=C(Nc1ncn(Cc2ccc(Cl)c(Cl)c2)n1)c1ccc(Cn2cc(Br)c([N+](=O)[O-])n2)o1. The number of hydrogen-bond donors (Lipinski definition) is 1. The largest absolute Gasteiger partial charge is 0.454 e. The highest BCUT2D eigenvalue weighted by molar-refractivity contribution is 9.10. The average molecular weight is 541 g/mol. The molecule has 1 amide bonds. The van der Waals surface area contributed by atoms with Crippen LogP contribution in [0.25, 0.3) is 0 Å². The quantitative estimate of drug-likeness (QED) is 0.271. The van der Waals surface area contributed by atoms with Crippen molar-refractivity contribution in [2.45, 2.75) is 13.1 Å². The second-order valence-corrected chi connectivity index (χ2v) is 8.16. The highest BCUT2D eigenvalue weighted by Gasteiger charge is 2.20. The summed E-state index contributed by atoms with van der Waals surface area (Å²) in [5, 5.41) is 22.4. The Bertz CT molecular complexity index is 1320. The fraction of sp³-hybridized carbons (Fsp3) is 0.111. The smallest absolute Gasteiger partial charge is 0.404 e. The normalized spacial score (nSPS) is 11.0. The molecule has 11 nitrogen and oxygen atoms in total. The van der Waals surface area contributed by atoms with Crippen LogP contribution in [0.2, 0.25) is 10.0 Å². The lowest BCUT2D eigenvalue weighted by Gasteiger charge is -2.03. The van der Waals surface area contributed by atoms with Crippen LogP contribution in [0.5, 0.6) is 0 Å². The van der Waals surface area contributed by atoms with Gasteiger partial charge in [-0.05, 0) is 50.7 Å². The van der Waals surface area contributed by atoms with Crippen molar-refractivity contribution in [3.8, 4) is 0 Å². The molecule has 32 heavy (non-hydrogen) atoms. The molecule has 1 aromatic carbocycles. The Morgan fingerprint density at radius 2 is 1.97 bits per heavy atom. The zero-order valence-electron chi connectivity index (χ0n) is 15.9. The van der Waals surface area contributed by atoms with E-state index in [-0.39, 0.29) is 28.5 Å². The van der Waals surface area contributed by atoms with Gasteiger partial charge in [0.2, 0.25) is 5.95 Å². The van der Waals surface area contributed by atoms with Crippen LogP contribution in [-0.4, -0.2) is 35.4 Å². The van der Waals surface area contributed by atoms with E-state index < -0.39 is 10.8 Å². The Labute approximate surface area is 198 Å². The van der Waals surface area contributed by atoms with E-state index in [1.807, 2.05) is 6.07 Å². The first kappa shape index (κ1) is 22.0. The molecule has 0 saturated carbocycles. The summed E-state index contributed by atoms with van der Waals surface area (Å²) in [5.41, 5.74) is 0.864. The molecule has 0 unspecified atom stereocenters. The van der Waals surface area contributed by atoms with E-state index in [2.05, 4.69) is 36.4 Å². The molecule has 0 spiro atoms. The van der Waals surface area contributed by atoms with Crippen LogP contribution in [0.15, 0.2) is 51.7 Å². The third kappa shape index (κ3) is 4.98. The number of anilines is 1. The van der Waals surface area contributed by atoms with E-state index in [4.69, 9.17) is 27.6 Å². The van der Waals surface area contributed by atoms with Gasteiger partial charge in [-0.15, -0.1) is 5.10 Å². The molecule has 164 valence electrons. The molecular formula is C18H12BrCl2N7O4. The standard InChI is InChI=1S/C18H12BrCl2N7O4/c19-12-8-26(24-16(12)28(30)31)7-11-2-4-15(32-11)17(29)23-18-22-9-27(25-18)6-10-1-3-13(20)14(21)5-10/h1-5,8-9H,6-7H2,(H,23,25,29). The number of nitrogens with zero attached hydrogens (tertiary/aromatic N) is 6. The third-order valence-corrected chi connectivity index (χ3v) is 5.46. The van der Waals surface area contributed by atoms with Gasteiger partial charge in [-0.1, -0.05) is 29.3 Å². The third-order valence-electron chi connectivity index (χ3n) is 4.17. The summed E-state index contributed by atoms with van der Waals surface area (Å²) < 4.78 is 8.62. The van der Waals surface area contributed by atoms with Crippen LogP contribution in [0.1, 0.15) is 21.9 Å². The van der Waals surface area contributed by atoms with Gasteiger partial charge in [0.05, 0.1) is 27.9 Å². The number of nitro groups is 1. The summed E-state index contributed by atoms with van der Waals surface area (Å²) in [6.45, 7) is 0.493. The Hall–Kier alpha value is -3.22. The number of halogens is 3. The van der Waals surface area contributed by atoms with Crippen molar-refractivity contribution in [2.24, 2.45) is 0 Å². The van der Waals surface area contributed by atoms with Gasteiger partial charge in [-0.3, -0.25) is 10.1 Å². The molecule has 0 aliphatic rings. The van der Waals surface area contributed by atoms with Crippen molar-refractivity contribution < 1.29 is 14.1 Å². The topological polar surface area (TPSA) is 134 Å². The molecule has 0 bridgehead atoms. The minimum atomic E-state index is -0.602. The number of hydrogen-bond acceptors (Lipinski definition) is 7. The lowest BCUT2D eigenvalue weighted by molar-refractivity contribution is -0.390. The van der Waals surface area contributed by atoms with E-state index >= 15 is 0 Å². The molecule has 3 aromatic heterocycles. The summed E-state index contributed by atoms with van der Waals surface area (Å²) >= 11 is 15.0. The van der Waals surface area contributed by atoms with Crippen molar-refractivity contribution in [3.63, 3.8) is 0 Å². The Morgan fingerprint density at radius 3 is 2.69 bits per heavy atom. The fourth-order valence-corrected chi connectivity index (χ4v) is 3.53. The Kier molecular flexibility index (Phi) is 6.26. The predicted molar refractivity (Wildman–Crippen MR) is 118 cm³/mol. The van der Waals surface area contributed by atoms with Crippen LogP contribution in [0.4, 0.5) is 11.8 Å². The first-order valence-electron chi connectivity index (χ1n) is 8.89. The van der Waals surface area contributed by atoms with Crippen molar-refractivity contribution in [1.82, 2.24) is 24.5 Å². The number of amides is 1. The van der Waals surface area contributed by atoms with Crippen LogP contribution in [0.3, 0.4) is 0 Å². The van der Waals surface area contributed by atoms with Crippen LogP contribution in [-0.2, 0) is 13.1 Å². The Balaban J connectivity index is 1.38. The molecule has 0 aliphatic carbocycles. The number of rotatable bonds is 7. The van der Waals surface area contributed by atoms with Gasteiger partial charge in [-0.25, -0.2) is 9.67 Å². The summed E-state index contributed by atoms with van der Waals surface area (Å²) in [6, 6.07) is 8.27. The van der Waals surface area contributed by atoms with Gasteiger partial charge in [-0.2, -0.15) is 4.68 Å². The molecule has 4 aromatic rings. The molecule has 4 rings (SSSR count). The maximum Gasteiger partial charge on any atom is 0.404 e. The minimum Gasteiger partial charge on any atom is -0.454 e. The molecule has 0 aliphatic heterocycles. The van der Waals surface area contributed by atoms with E-state index in [1.54, 1.807) is 18.2 Å². The molecule has 14 heteroatoms. The van der Waals surface area contributed by atoms with Gasteiger partial charge in [0.25, 0.3) is 5.91 Å². The highest BCUT2D eigenvalue weighted by atomic mass is 79.9. The summed E-state index contributed by atoms with van der Waals surface area (Å²) in [5.74, 6) is -0.340. The first-order chi connectivity index (χ1) is 15.3. The van der Waals surface area contributed by atoms with E-state index in [0.717, 1.165) is 5.56 Å². The first-order valence-corrected chi connectivity index (χ1v) is 10.4. The molecule has 3 heterocycles. The second-order valence-electron chi connectivity index (χ2n) is 6.49. The number of furan rings is 1.